The van der Waals surface area contributed by atoms with Gasteiger partial charge in [-0.05, 0) is 48.6 Å². The lowest BCUT2D eigenvalue weighted by Crippen LogP contribution is -2.36. The molecule has 6 heteroatoms. The summed E-state index contributed by atoms with van der Waals surface area (Å²) in [6.07, 6.45) is 1.08. The van der Waals surface area contributed by atoms with Crippen molar-refractivity contribution in [2.45, 2.75) is 31.6 Å². The van der Waals surface area contributed by atoms with Crippen molar-refractivity contribution in [2.75, 3.05) is 14.2 Å². The number of methoxy groups -OCH3 is 2. The number of benzene rings is 2. The standard InChI is InChI=1S/C25H24BrNO4/c1-14-22(25(29)31-3)23(18-6-4-5-7-19(18)26)24-20(27-14)12-16(13-21(24)28)15-8-10-17(30-2)11-9-15/h4-11,16,23,27H,12-13H2,1-3H3/t16-,23+/m0/s1. The average molecular weight is 482 g/mol. The molecular formula is C25H24BrNO4. The molecule has 0 unspecified atom stereocenters. The molecule has 2 aliphatic rings. The van der Waals surface area contributed by atoms with Crippen molar-refractivity contribution in [3.8, 4) is 5.75 Å². The van der Waals surface area contributed by atoms with Crippen LogP contribution in [0.4, 0.5) is 0 Å². The Bertz CT molecular complexity index is 1100. The summed E-state index contributed by atoms with van der Waals surface area (Å²) in [5.74, 6) is 0.00395. The molecule has 31 heavy (non-hydrogen) atoms. The normalized spacial score (nSPS) is 20.8. The molecule has 1 aliphatic carbocycles. The molecule has 0 fully saturated rings. The Morgan fingerprint density at radius 3 is 2.42 bits per heavy atom. The van der Waals surface area contributed by atoms with Crippen molar-refractivity contribution in [1.82, 2.24) is 5.32 Å². The molecular weight excluding hydrogens is 458 g/mol. The lowest BCUT2D eigenvalue weighted by Gasteiger charge is -2.37. The Morgan fingerprint density at radius 2 is 1.77 bits per heavy atom. The molecule has 2 atom stereocenters. The molecule has 0 amide bonds. The van der Waals surface area contributed by atoms with Gasteiger partial charge >= 0.3 is 5.97 Å². The van der Waals surface area contributed by atoms with E-state index in [0.717, 1.165) is 32.7 Å². The summed E-state index contributed by atoms with van der Waals surface area (Å²) in [5.41, 5.74) is 4.71. The molecule has 4 rings (SSSR count). The van der Waals surface area contributed by atoms with E-state index in [1.54, 1.807) is 7.11 Å². The minimum atomic E-state index is -0.469. The zero-order chi connectivity index (χ0) is 22.1. The van der Waals surface area contributed by atoms with Crippen LogP contribution in [-0.2, 0) is 14.3 Å². The summed E-state index contributed by atoms with van der Waals surface area (Å²) >= 11 is 3.61. The zero-order valence-electron chi connectivity index (χ0n) is 17.7. The quantitative estimate of drug-likeness (QED) is 0.622. The van der Waals surface area contributed by atoms with Gasteiger partial charge in [0, 0.05) is 33.8 Å². The minimum Gasteiger partial charge on any atom is -0.497 e. The van der Waals surface area contributed by atoms with Crippen LogP contribution in [0.5, 0.6) is 5.75 Å². The Kier molecular flexibility index (Phi) is 6.01. The number of Topliss-reactive ketones (excluding diaryl/α,β-unsaturated/α-hetero) is 1. The number of carbonyl (C=O) groups excluding carboxylic acids is 2. The second kappa shape index (κ2) is 8.71. The highest BCUT2D eigenvalue weighted by Crippen LogP contribution is 2.47. The highest BCUT2D eigenvalue weighted by atomic mass is 79.9. The van der Waals surface area contributed by atoms with Crippen LogP contribution in [0.1, 0.15) is 42.7 Å². The predicted octanol–water partition coefficient (Wildman–Crippen LogP) is 4.99. The maximum absolute atomic E-state index is 13.5. The van der Waals surface area contributed by atoms with Crippen molar-refractivity contribution in [3.05, 3.63) is 86.7 Å². The van der Waals surface area contributed by atoms with E-state index in [4.69, 9.17) is 9.47 Å². The molecule has 0 aromatic heterocycles. The van der Waals surface area contributed by atoms with Crippen LogP contribution in [0, 0.1) is 0 Å². The molecule has 1 N–H and O–H groups in total. The number of hydrogen-bond donors (Lipinski definition) is 1. The van der Waals surface area contributed by atoms with Crippen molar-refractivity contribution in [3.63, 3.8) is 0 Å². The van der Waals surface area contributed by atoms with Gasteiger partial charge in [0.05, 0.1) is 19.8 Å². The number of nitrogens with one attached hydrogen (secondary N) is 1. The largest absolute Gasteiger partial charge is 0.497 e. The van der Waals surface area contributed by atoms with E-state index in [2.05, 4.69) is 21.2 Å². The van der Waals surface area contributed by atoms with E-state index in [-0.39, 0.29) is 11.7 Å². The van der Waals surface area contributed by atoms with E-state index in [1.807, 2.05) is 55.5 Å². The van der Waals surface area contributed by atoms with Crippen LogP contribution in [0.25, 0.3) is 0 Å². The van der Waals surface area contributed by atoms with Crippen LogP contribution in [0.2, 0.25) is 0 Å². The monoisotopic (exact) mass is 481 g/mol. The number of carbonyl (C=O) groups is 2. The van der Waals surface area contributed by atoms with Gasteiger partial charge in [0.2, 0.25) is 0 Å². The summed E-state index contributed by atoms with van der Waals surface area (Å²) in [5, 5.41) is 3.35. The fourth-order valence-corrected chi connectivity index (χ4v) is 5.07. The smallest absolute Gasteiger partial charge is 0.336 e. The second-order valence-corrected chi connectivity index (χ2v) is 8.66. The molecule has 2 aromatic rings. The van der Waals surface area contributed by atoms with Gasteiger partial charge in [-0.2, -0.15) is 0 Å². The predicted molar refractivity (Wildman–Crippen MR) is 122 cm³/mol. The van der Waals surface area contributed by atoms with Gasteiger partial charge in [-0.1, -0.05) is 46.3 Å². The number of rotatable bonds is 4. The number of dihydropyridines is 1. The van der Waals surface area contributed by atoms with Crippen LogP contribution >= 0.6 is 15.9 Å². The molecule has 0 saturated carbocycles. The Hall–Kier alpha value is -2.86. The van der Waals surface area contributed by atoms with E-state index < -0.39 is 11.9 Å². The van der Waals surface area contributed by atoms with E-state index >= 15 is 0 Å². The van der Waals surface area contributed by atoms with Gasteiger partial charge in [-0.15, -0.1) is 0 Å². The highest BCUT2D eigenvalue weighted by molar-refractivity contribution is 9.10. The summed E-state index contributed by atoms with van der Waals surface area (Å²) < 4.78 is 11.2. The summed E-state index contributed by atoms with van der Waals surface area (Å²) in [7, 11) is 3.00. The van der Waals surface area contributed by atoms with Crippen LogP contribution < -0.4 is 10.1 Å². The molecule has 2 aromatic carbocycles. The van der Waals surface area contributed by atoms with Gasteiger partial charge in [-0.3, -0.25) is 4.79 Å². The maximum Gasteiger partial charge on any atom is 0.336 e. The first-order valence-electron chi connectivity index (χ1n) is 10.1. The van der Waals surface area contributed by atoms with Gasteiger partial charge in [0.1, 0.15) is 5.75 Å². The lowest BCUT2D eigenvalue weighted by molar-refractivity contribution is -0.136. The number of halogens is 1. The van der Waals surface area contributed by atoms with Crippen molar-refractivity contribution >= 4 is 27.7 Å². The second-order valence-electron chi connectivity index (χ2n) is 7.80. The van der Waals surface area contributed by atoms with Crippen molar-refractivity contribution in [1.29, 1.82) is 0 Å². The molecule has 0 radical (unpaired) electrons. The minimum absolute atomic E-state index is 0.0456. The maximum atomic E-state index is 13.5. The van der Waals surface area contributed by atoms with Crippen LogP contribution in [0.15, 0.2) is 75.5 Å². The molecule has 0 bridgehead atoms. The Morgan fingerprint density at radius 1 is 1.06 bits per heavy atom. The summed E-state index contributed by atoms with van der Waals surface area (Å²) in [4.78, 5) is 26.2. The first-order valence-corrected chi connectivity index (χ1v) is 10.9. The Labute approximate surface area is 190 Å². The topological polar surface area (TPSA) is 64.6 Å². The fourth-order valence-electron chi connectivity index (χ4n) is 4.55. The number of esters is 1. The third kappa shape index (κ3) is 3.92. The van der Waals surface area contributed by atoms with Gasteiger partial charge in [-0.25, -0.2) is 4.79 Å². The Balaban J connectivity index is 1.79. The first kappa shape index (κ1) is 21.4. The number of ketones is 1. The van der Waals surface area contributed by atoms with E-state index in [0.29, 0.717) is 24.0 Å². The van der Waals surface area contributed by atoms with E-state index in [1.165, 1.54) is 7.11 Å². The van der Waals surface area contributed by atoms with Gasteiger partial charge < -0.3 is 14.8 Å². The van der Waals surface area contributed by atoms with Crippen molar-refractivity contribution < 1.29 is 19.1 Å². The first-order chi connectivity index (χ1) is 14.9. The molecule has 160 valence electrons. The summed E-state index contributed by atoms with van der Waals surface area (Å²) in [6, 6.07) is 15.6. The molecule has 0 saturated heterocycles. The van der Waals surface area contributed by atoms with Gasteiger partial charge in [0.15, 0.2) is 5.78 Å². The molecule has 0 spiro atoms. The molecule has 1 aliphatic heterocycles. The average Bonchev–Trinajstić information content (AvgIpc) is 2.78. The lowest BCUT2D eigenvalue weighted by atomic mass is 9.72. The number of allylic oxidation sites excluding steroid dienone is 3. The zero-order valence-corrected chi connectivity index (χ0v) is 19.3. The third-order valence-corrected chi connectivity index (χ3v) is 6.76. The number of ether oxygens (including phenoxy) is 2. The summed E-state index contributed by atoms with van der Waals surface area (Å²) in [6.45, 7) is 1.86. The number of hydrogen-bond acceptors (Lipinski definition) is 5. The highest BCUT2D eigenvalue weighted by Gasteiger charge is 2.41. The molecule has 1 heterocycles. The van der Waals surface area contributed by atoms with Crippen LogP contribution in [-0.4, -0.2) is 26.0 Å². The third-order valence-electron chi connectivity index (χ3n) is 6.04. The van der Waals surface area contributed by atoms with Gasteiger partial charge in [0.25, 0.3) is 0 Å². The van der Waals surface area contributed by atoms with Crippen LogP contribution in [0.3, 0.4) is 0 Å². The van der Waals surface area contributed by atoms with Crippen molar-refractivity contribution in [2.24, 2.45) is 0 Å². The van der Waals surface area contributed by atoms with E-state index in [9.17, 15) is 9.59 Å². The molecule has 5 nitrogen and oxygen atoms in total. The fraction of sp³-hybridized carbons (Fsp3) is 0.280. The SMILES string of the molecule is COC(=O)C1=C(C)NC2=C(C(=O)C[C@@H](c3ccc(OC)cc3)C2)[C@@H]1c1ccccc1Br.